The van der Waals surface area contributed by atoms with Gasteiger partial charge in [-0.1, -0.05) is 65.1 Å². The zero-order valence-electron chi connectivity index (χ0n) is 19.9. The van der Waals surface area contributed by atoms with Crippen LogP contribution in [0.15, 0.2) is 60.3 Å². The van der Waals surface area contributed by atoms with Gasteiger partial charge in [0.2, 0.25) is 5.78 Å². The average Bonchev–Trinajstić information content (AvgIpc) is 2.90. The van der Waals surface area contributed by atoms with Crippen LogP contribution in [0.2, 0.25) is 15.1 Å². The van der Waals surface area contributed by atoms with E-state index < -0.39 is 67.3 Å². The number of hydrogen-bond donors (Lipinski definition) is 1. The van der Waals surface area contributed by atoms with E-state index in [1.807, 2.05) is 0 Å². The smallest absolute Gasteiger partial charge is 0.412 e. The zero-order chi connectivity index (χ0) is 28.5. The highest BCUT2D eigenvalue weighted by Crippen LogP contribution is 2.51. The van der Waals surface area contributed by atoms with E-state index in [1.165, 1.54) is 6.92 Å². The number of nitrogens with zero attached hydrogens (tertiary/aromatic N) is 1. The Labute approximate surface area is 235 Å². The molecule has 13 heteroatoms. The fourth-order valence-corrected chi connectivity index (χ4v) is 4.56. The highest BCUT2D eigenvalue weighted by molar-refractivity contribution is 6.50. The Morgan fingerprint density at radius 2 is 1.69 bits per heavy atom. The molecule has 0 radical (unpaired) electrons. The average molecular weight is 598 g/mol. The Hall–Kier alpha value is -3.54. The zero-order valence-corrected chi connectivity index (χ0v) is 22.2. The van der Waals surface area contributed by atoms with Gasteiger partial charge in [-0.2, -0.15) is 0 Å². The molecular weight excluding hydrogens is 581 g/mol. The SMILES string of the molecule is CCOC(=O)C1=C[N+]([O-])(c2cc(NC(=O)OCc3ccccc3)c(F)cc2F)c2c(cc(Cl)c(Cl)c2Cl)C1=O. The predicted molar refractivity (Wildman–Crippen MR) is 142 cm³/mol. The van der Waals surface area contributed by atoms with Crippen molar-refractivity contribution >= 4 is 69.7 Å². The molecule has 4 rings (SSSR count). The van der Waals surface area contributed by atoms with Crippen LogP contribution in [-0.2, 0) is 20.9 Å². The van der Waals surface area contributed by atoms with Gasteiger partial charge in [0.25, 0.3) is 0 Å². The number of ether oxygens (including phenoxy) is 2. The van der Waals surface area contributed by atoms with Crippen molar-refractivity contribution in [2.75, 3.05) is 11.9 Å². The second-order valence-electron chi connectivity index (χ2n) is 8.10. The Morgan fingerprint density at radius 3 is 2.36 bits per heavy atom. The molecule has 1 heterocycles. The first-order valence-electron chi connectivity index (χ1n) is 11.2. The van der Waals surface area contributed by atoms with Gasteiger partial charge >= 0.3 is 12.1 Å². The standard InChI is InChI=1S/C26H17Cl3F2N2O6/c1-2-38-25(35)15-11-33(37,23-14(24(15)34)8-16(27)21(28)22(23)29)20-10-19(17(30)9-18(20)31)32-26(36)39-12-13-6-4-3-5-7-13/h3-11H,2,12H2,1H3,(H,32,36). The number of ketones is 1. The van der Waals surface area contributed by atoms with Gasteiger partial charge in [0.1, 0.15) is 23.6 Å². The predicted octanol–water partition coefficient (Wildman–Crippen LogP) is 7.45. The molecule has 0 aromatic heterocycles. The Kier molecular flexibility index (Phi) is 8.24. The van der Waals surface area contributed by atoms with E-state index >= 15 is 4.39 Å². The molecule has 1 unspecified atom stereocenters. The van der Waals surface area contributed by atoms with Gasteiger partial charge in [-0.25, -0.2) is 18.4 Å². The molecule has 39 heavy (non-hydrogen) atoms. The van der Waals surface area contributed by atoms with Gasteiger partial charge in [-0.15, -0.1) is 0 Å². The van der Waals surface area contributed by atoms with Crippen LogP contribution in [0.3, 0.4) is 0 Å². The highest BCUT2D eigenvalue weighted by atomic mass is 35.5. The number of quaternary nitrogens is 1. The van der Waals surface area contributed by atoms with Crippen LogP contribution in [0.4, 0.5) is 30.6 Å². The summed E-state index contributed by atoms with van der Waals surface area (Å²) in [6, 6.07) is 10.7. The molecule has 202 valence electrons. The molecule has 3 aromatic carbocycles. The quantitative estimate of drug-likeness (QED) is 0.104. The van der Waals surface area contributed by atoms with Crippen LogP contribution in [0.25, 0.3) is 0 Å². The van der Waals surface area contributed by atoms with E-state index in [4.69, 9.17) is 44.3 Å². The third kappa shape index (κ3) is 5.47. The molecule has 1 aliphatic heterocycles. The Morgan fingerprint density at radius 1 is 1.00 bits per heavy atom. The molecule has 0 saturated heterocycles. The summed E-state index contributed by atoms with van der Waals surface area (Å²) in [5.74, 6) is -4.76. The molecular formula is C26H17Cl3F2N2O6. The number of anilines is 1. The largest absolute Gasteiger partial charge is 0.617 e. The number of rotatable bonds is 6. The minimum atomic E-state index is -2.01. The van der Waals surface area contributed by atoms with Crippen molar-refractivity contribution in [3.05, 3.63) is 103 Å². The number of Topliss-reactive ketones (excluding diaryl/α,β-unsaturated/α-hetero) is 1. The molecule has 1 amide bonds. The fourth-order valence-electron chi connectivity index (χ4n) is 3.83. The minimum absolute atomic E-state index is 0.138. The molecule has 3 aromatic rings. The molecule has 0 aliphatic carbocycles. The second-order valence-corrected chi connectivity index (χ2v) is 9.27. The van der Waals surface area contributed by atoms with Gasteiger partial charge in [-0.3, -0.25) is 14.8 Å². The van der Waals surface area contributed by atoms with Crippen LogP contribution < -0.4 is 9.96 Å². The van der Waals surface area contributed by atoms with Crippen molar-refractivity contribution in [2.45, 2.75) is 13.5 Å². The Balaban J connectivity index is 1.82. The molecule has 0 saturated carbocycles. The van der Waals surface area contributed by atoms with Crippen molar-refractivity contribution in [3.8, 4) is 0 Å². The maximum atomic E-state index is 15.2. The molecule has 0 bridgehead atoms. The summed E-state index contributed by atoms with van der Waals surface area (Å²) in [5, 5.41) is 15.5. The molecule has 1 aliphatic rings. The minimum Gasteiger partial charge on any atom is -0.617 e. The molecule has 1 atom stereocenters. The van der Waals surface area contributed by atoms with E-state index in [1.54, 1.807) is 30.3 Å². The van der Waals surface area contributed by atoms with Gasteiger partial charge in [0, 0.05) is 12.1 Å². The second kappa shape index (κ2) is 11.3. The number of benzene rings is 3. The molecule has 0 spiro atoms. The monoisotopic (exact) mass is 596 g/mol. The number of halogens is 5. The summed E-state index contributed by atoms with van der Waals surface area (Å²) in [5.41, 5.74) is -2.59. The number of hydrogen-bond acceptors (Lipinski definition) is 6. The number of esters is 1. The maximum Gasteiger partial charge on any atom is 0.412 e. The topological polar surface area (TPSA) is 105 Å². The number of carbonyl (C=O) groups excluding carboxylic acids is 3. The number of nitrogens with one attached hydrogen (secondary N) is 1. The highest BCUT2D eigenvalue weighted by Gasteiger charge is 2.43. The Bertz CT molecular complexity index is 1530. The van der Waals surface area contributed by atoms with Crippen LogP contribution >= 0.6 is 34.8 Å². The van der Waals surface area contributed by atoms with Gasteiger partial charge in [-0.05, 0) is 18.6 Å². The van der Waals surface area contributed by atoms with E-state index in [0.717, 1.165) is 6.07 Å². The third-order valence-electron chi connectivity index (χ3n) is 5.61. The van der Waals surface area contributed by atoms with Crippen molar-refractivity contribution in [2.24, 2.45) is 0 Å². The van der Waals surface area contributed by atoms with Crippen molar-refractivity contribution in [3.63, 3.8) is 0 Å². The van der Waals surface area contributed by atoms with E-state index in [2.05, 4.69) is 5.32 Å². The number of hydroxylamine groups is 1. The molecule has 0 fully saturated rings. The van der Waals surface area contributed by atoms with E-state index in [9.17, 15) is 24.0 Å². The summed E-state index contributed by atoms with van der Waals surface area (Å²) in [6.07, 6.45) is -0.537. The van der Waals surface area contributed by atoms with Gasteiger partial charge in [0.15, 0.2) is 22.8 Å². The van der Waals surface area contributed by atoms with E-state index in [0.29, 0.717) is 23.9 Å². The van der Waals surface area contributed by atoms with Crippen LogP contribution in [0, 0.1) is 16.8 Å². The van der Waals surface area contributed by atoms with E-state index in [-0.39, 0.29) is 23.3 Å². The maximum absolute atomic E-state index is 15.2. The number of fused-ring (bicyclic) bond motifs is 1. The van der Waals surface area contributed by atoms with Gasteiger partial charge in [0.05, 0.1) is 27.9 Å². The van der Waals surface area contributed by atoms with Crippen molar-refractivity contribution in [1.82, 2.24) is 4.65 Å². The van der Waals surface area contributed by atoms with Crippen molar-refractivity contribution < 1.29 is 32.6 Å². The number of amides is 1. The fraction of sp³-hybridized carbons (Fsp3) is 0.115. The third-order valence-corrected chi connectivity index (χ3v) is 6.86. The normalized spacial score (nSPS) is 16.3. The first-order chi connectivity index (χ1) is 18.5. The summed E-state index contributed by atoms with van der Waals surface area (Å²) >= 11 is 18.5. The van der Waals surface area contributed by atoms with Crippen LogP contribution in [0.1, 0.15) is 22.8 Å². The summed E-state index contributed by atoms with van der Waals surface area (Å²) in [6.45, 7) is 1.18. The lowest BCUT2D eigenvalue weighted by molar-refractivity contribution is -0.138. The summed E-state index contributed by atoms with van der Waals surface area (Å²) in [7, 11) is 0. The lowest BCUT2D eigenvalue weighted by Crippen LogP contribution is -2.40. The molecule has 1 N–H and O–H groups in total. The number of carbonyl (C=O) groups is 3. The van der Waals surface area contributed by atoms with Crippen molar-refractivity contribution in [1.29, 1.82) is 0 Å². The summed E-state index contributed by atoms with van der Waals surface area (Å²) in [4.78, 5) is 38.0. The first kappa shape index (κ1) is 28.5. The lowest BCUT2D eigenvalue weighted by Gasteiger charge is -2.42. The van der Waals surface area contributed by atoms with Crippen LogP contribution in [-0.4, -0.2) is 24.5 Å². The lowest BCUT2D eigenvalue weighted by atomic mass is 9.96. The van der Waals surface area contributed by atoms with Gasteiger partial charge < -0.3 is 14.7 Å². The summed E-state index contributed by atoms with van der Waals surface area (Å²) < 4.78 is 37.8. The molecule has 8 nitrogen and oxygen atoms in total. The first-order valence-corrected chi connectivity index (χ1v) is 12.3. The van der Waals surface area contributed by atoms with Crippen LogP contribution in [0.5, 0.6) is 0 Å².